The van der Waals surface area contributed by atoms with Crippen molar-refractivity contribution in [3.63, 3.8) is 0 Å². The van der Waals surface area contributed by atoms with Crippen LogP contribution >= 0.6 is 0 Å². The van der Waals surface area contributed by atoms with Crippen LogP contribution in [0.2, 0.25) is 0 Å². The summed E-state index contributed by atoms with van der Waals surface area (Å²) in [6.45, 7) is 0.573. The number of alkyl halides is 1. The molecule has 31 heavy (non-hydrogen) atoms. The van der Waals surface area contributed by atoms with Gasteiger partial charge in [0.15, 0.2) is 18.5 Å². The molecule has 6 nitrogen and oxygen atoms in total. The second-order valence-corrected chi connectivity index (χ2v) is 8.45. The number of rotatable bonds is 10. The van der Waals surface area contributed by atoms with Crippen molar-refractivity contribution in [3.8, 4) is 5.75 Å². The summed E-state index contributed by atoms with van der Waals surface area (Å²) in [7, 11) is 0. The van der Waals surface area contributed by atoms with E-state index in [1.54, 1.807) is 6.08 Å². The highest BCUT2D eigenvalue weighted by Crippen LogP contribution is 2.29. The molecule has 3 N–H and O–H groups in total. The third-order valence-corrected chi connectivity index (χ3v) is 5.89. The predicted octanol–water partition coefficient (Wildman–Crippen LogP) is 3.17. The van der Waals surface area contributed by atoms with Gasteiger partial charge in [-0.25, -0.2) is 4.39 Å². The molecule has 166 valence electrons. The molecule has 0 radical (unpaired) electrons. The van der Waals surface area contributed by atoms with E-state index in [-0.39, 0.29) is 24.0 Å². The van der Waals surface area contributed by atoms with Crippen LogP contribution in [0.15, 0.2) is 48.0 Å². The molecule has 1 aromatic rings. The first kappa shape index (κ1) is 21.4. The van der Waals surface area contributed by atoms with Crippen molar-refractivity contribution in [2.24, 2.45) is 11.7 Å². The van der Waals surface area contributed by atoms with E-state index < -0.39 is 6.67 Å². The van der Waals surface area contributed by atoms with Crippen molar-refractivity contribution in [3.05, 3.63) is 53.6 Å². The van der Waals surface area contributed by atoms with Gasteiger partial charge in [0.1, 0.15) is 24.7 Å². The predicted molar refractivity (Wildman–Crippen MR) is 116 cm³/mol. The largest absolute Gasteiger partial charge is 0.483 e. The van der Waals surface area contributed by atoms with Crippen molar-refractivity contribution in [1.29, 1.82) is 0 Å². The fourth-order valence-corrected chi connectivity index (χ4v) is 3.67. The molecule has 3 aliphatic rings. The maximum atomic E-state index is 13.0. The first-order chi connectivity index (χ1) is 15.1. The number of nitrogens with zero attached hydrogens (tertiary/aromatic N) is 1. The van der Waals surface area contributed by atoms with Crippen LogP contribution in [-0.2, 0) is 16.1 Å². The molecule has 1 amide bonds. The Bertz CT molecular complexity index is 871. The van der Waals surface area contributed by atoms with Gasteiger partial charge in [-0.05, 0) is 49.8 Å². The minimum Gasteiger partial charge on any atom is -0.483 e. The number of halogens is 1. The average molecular weight is 429 g/mol. The van der Waals surface area contributed by atoms with Gasteiger partial charge >= 0.3 is 0 Å². The van der Waals surface area contributed by atoms with Crippen molar-refractivity contribution in [2.75, 3.05) is 13.2 Å². The summed E-state index contributed by atoms with van der Waals surface area (Å²) in [6.07, 6.45) is 11.3. The molecule has 0 saturated heterocycles. The zero-order chi connectivity index (χ0) is 21.6. The van der Waals surface area contributed by atoms with Gasteiger partial charge in [0, 0.05) is 18.5 Å². The summed E-state index contributed by atoms with van der Waals surface area (Å²) in [5.74, 6) is 1.46. The minimum atomic E-state index is -0.572. The molecule has 1 unspecified atom stereocenters. The smallest absolute Gasteiger partial charge is 0.223 e. The molecule has 7 heteroatoms. The Hall–Kier alpha value is -2.83. The van der Waals surface area contributed by atoms with E-state index in [1.165, 1.54) is 12.5 Å². The van der Waals surface area contributed by atoms with Gasteiger partial charge in [-0.3, -0.25) is 4.79 Å². The number of ether oxygens (including phenoxy) is 2. The van der Waals surface area contributed by atoms with Gasteiger partial charge in [-0.2, -0.15) is 4.58 Å². The van der Waals surface area contributed by atoms with Gasteiger partial charge in [-0.15, -0.1) is 0 Å². The Morgan fingerprint density at radius 3 is 2.61 bits per heavy atom. The van der Waals surface area contributed by atoms with Crippen LogP contribution in [0.25, 0.3) is 0 Å². The Kier molecular flexibility index (Phi) is 6.89. The molecule has 1 atom stereocenters. The monoisotopic (exact) mass is 428 g/mol. The Balaban J connectivity index is 1.27. The van der Waals surface area contributed by atoms with Crippen molar-refractivity contribution >= 4 is 12.1 Å². The van der Waals surface area contributed by atoms with Crippen LogP contribution in [0, 0.1) is 5.92 Å². The molecule has 2 aliphatic carbocycles. The number of benzene rings is 1. The lowest BCUT2D eigenvalue weighted by molar-refractivity contribution is -0.465. The highest BCUT2D eigenvalue weighted by atomic mass is 19.1. The van der Waals surface area contributed by atoms with Crippen molar-refractivity contribution < 1.29 is 23.2 Å². The lowest BCUT2D eigenvalue weighted by Crippen LogP contribution is -2.25. The highest BCUT2D eigenvalue weighted by Gasteiger charge is 2.29. The van der Waals surface area contributed by atoms with Crippen LogP contribution in [-0.4, -0.2) is 42.1 Å². The summed E-state index contributed by atoms with van der Waals surface area (Å²) in [5, 5.41) is 2.96. The van der Waals surface area contributed by atoms with Crippen LogP contribution in [0.1, 0.15) is 44.1 Å². The standard InChI is InChI=1S/C24H30FN3O3/c25-12-10-19(14-23(26)31-20-2-1-3-20)28-13-11-22(16-28)30-21-8-4-17(5-9-21)15-27-24(29)18-6-7-18/h4-5,8-10,13-14,18,20,22H,1-3,6-7,11-12,15-16,26H2/p+1. The molecule has 2 saturated carbocycles. The van der Waals surface area contributed by atoms with E-state index in [1.807, 2.05) is 35.1 Å². The SMILES string of the molecule is NC(=CC(=CCF)[N+]1=CCC(Oc2ccc(CNC(=O)C3CC3)cc2)C1)OC1CCC1. The first-order valence-corrected chi connectivity index (χ1v) is 11.1. The van der Waals surface area contributed by atoms with E-state index in [2.05, 4.69) is 5.32 Å². The summed E-state index contributed by atoms with van der Waals surface area (Å²) >= 11 is 0. The van der Waals surface area contributed by atoms with Crippen molar-refractivity contribution in [1.82, 2.24) is 5.32 Å². The highest BCUT2D eigenvalue weighted by molar-refractivity contribution is 5.80. The van der Waals surface area contributed by atoms with Crippen molar-refractivity contribution in [2.45, 2.75) is 57.3 Å². The first-order valence-electron chi connectivity index (χ1n) is 11.1. The van der Waals surface area contributed by atoms with Gasteiger partial charge in [0.2, 0.25) is 11.6 Å². The van der Waals surface area contributed by atoms with E-state index >= 15 is 0 Å². The summed E-state index contributed by atoms with van der Waals surface area (Å²) in [5.41, 5.74) is 7.73. The van der Waals surface area contributed by atoms with Gasteiger partial charge < -0.3 is 20.5 Å². The van der Waals surface area contributed by atoms with Gasteiger partial charge in [0.05, 0.1) is 12.5 Å². The zero-order valence-corrected chi connectivity index (χ0v) is 17.8. The molecule has 4 rings (SSSR count). The molecule has 0 spiro atoms. The molecule has 0 aromatic heterocycles. The molecule has 0 bridgehead atoms. The lowest BCUT2D eigenvalue weighted by Gasteiger charge is -2.26. The Morgan fingerprint density at radius 2 is 1.97 bits per heavy atom. The quantitative estimate of drug-likeness (QED) is 0.341. The third kappa shape index (κ3) is 6.09. The van der Waals surface area contributed by atoms with Crippen LogP contribution in [0.5, 0.6) is 5.75 Å². The fourth-order valence-electron chi connectivity index (χ4n) is 3.67. The van der Waals surface area contributed by atoms with Crippen LogP contribution in [0.4, 0.5) is 4.39 Å². The molecular formula is C24H31FN3O3+. The number of hydrogen-bond acceptors (Lipinski definition) is 4. The van der Waals surface area contributed by atoms with Gasteiger partial charge in [0.25, 0.3) is 0 Å². The number of hydrogen-bond donors (Lipinski definition) is 2. The van der Waals surface area contributed by atoms with Gasteiger partial charge in [-0.1, -0.05) is 12.1 Å². The maximum absolute atomic E-state index is 13.0. The molecule has 1 heterocycles. The number of nitrogens with one attached hydrogen (secondary N) is 1. The maximum Gasteiger partial charge on any atom is 0.223 e. The fraction of sp³-hybridized carbons (Fsp3) is 0.500. The summed E-state index contributed by atoms with van der Waals surface area (Å²) in [4.78, 5) is 11.8. The molecule has 1 aliphatic heterocycles. The van der Waals surface area contributed by atoms with E-state index in [9.17, 15) is 9.18 Å². The Labute approximate surface area is 182 Å². The van der Waals surface area contributed by atoms with E-state index in [0.717, 1.165) is 43.4 Å². The topological polar surface area (TPSA) is 76.6 Å². The number of carbonyl (C=O) groups is 1. The second kappa shape index (κ2) is 9.98. The summed E-state index contributed by atoms with van der Waals surface area (Å²) < 4.78 is 26.8. The number of allylic oxidation sites excluding steroid dienone is 2. The average Bonchev–Trinajstić information content (AvgIpc) is 3.49. The summed E-state index contributed by atoms with van der Waals surface area (Å²) in [6, 6.07) is 7.77. The van der Waals surface area contributed by atoms with E-state index in [4.69, 9.17) is 15.2 Å². The second-order valence-electron chi connectivity index (χ2n) is 8.45. The number of amides is 1. The molecule has 2 fully saturated rings. The number of carbonyl (C=O) groups excluding carboxylic acids is 1. The number of nitrogens with two attached hydrogens (primary N) is 1. The molecular weight excluding hydrogens is 397 g/mol. The van der Waals surface area contributed by atoms with Crippen LogP contribution < -0.4 is 15.8 Å². The van der Waals surface area contributed by atoms with Crippen LogP contribution in [0.3, 0.4) is 0 Å². The van der Waals surface area contributed by atoms with E-state index in [0.29, 0.717) is 24.7 Å². The lowest BCUT2D eigenvalue weighted by atomic mass is 9.96. The normalized spacial score (nSPS) is 22.0. The molecule has 1 aromatic carbocycles. The minimum absolute atomic E-state index is 0.0365. The Morgan fingerprint density at radius 1 is 1.19 bits per heavy atom. The third-order valence-electron chi connectivity index (χ3n) is 5.89. The zero-order valence-electron chi connectivity index (χ0n) is 17.8.